The largest absolute Gasteiger partial charge is 0.479 e. The Morgan fingerprint density at radius 3 is 2.28 bits per heavy atom. The third-order valence-corrected chi connectivity index (χ3v) is 2.82. The van der Waals surface area contributed by atoms with Gasteiger partial charge in [0.1, 0.15) is 0 Å². The molecule has 1 amide bonds. The van der Waals surface area contributed by atoms with Gasteiger partial charge in [0.05, 0.1) is 5.92 Å². The number of carbonyl (C=O) groups is 2. The van der Waals surface area contributed by atoms with Crippen molar-refractivity contribution in [2.24, 2.45) is 11.7 Å². The summed E-state index contributed by atoms with van der Waals surface area (Å²) in [5.74, 6) is -3.99. The van der Waals surface area contributed by atoms with Crippen LogP contribution in [0.25, 0.3) is 0 Å². The zero-order valence-corrected chi connectivity index (χ0v) is 9.49. The normalized spacial score (nSPS) is 26.7. The summed E-state index contributed by atoms with van der Waals surface area (Å²) >= 11 is 0. The van der Waals surface area contributed by atoms with Gasteiger partial charge in [-0.25, -0.2) is 4.79 Å². The minimum absolute atomic E-state index is 0.166. The number of nitrogens with two attached hydrogens (primary N) is 1. The highest BCUT2D eigenvalue weighted by molar-refractivity contribution is 5.89. The van der Waals surface area contributed by atoms with E-state index in [9.17, 15) is 22.8 Å². The highest BCUT2D eigenvalue weighted by atomic mass is 19.4. The number of alkyl halides is 3. The van der Waals surface area contributed by atoms with Gasteiger partial charge < -0.3 is 16.2 Å². The van der Waals surface area contributed by atoms with Crippen LogP contribution in [0.5, 0.6) is 0 Å². The van der Waals surface area contributed by atoms with Crippen LogP contribution in [-0.4, -0.2) is 34.7 Å². The number of carboxylic acid groups (broad SMARTS) is 1. The van der Waals surface area contributed by atoms with Gasteiger partial charge in [0, 0.05) is 6.04 Å². The van der Waals surface area contributed by atoms with Crippen molar-refractivity contribution >= 4 is 11.9 Å². The second-order valence-corrected chi connectivity index (χ2v) is 4.31. The third kappa shape index (κ3) is 2.63. The summed E-state index contributed by atoms with van der Waals surface area (Å²) in [6, 6.07) is -0.400. The second-order valence-electron chi connectivity index (χ2n) is 4.31. The van der Waals surface area contributed by atoms with Gasteiger partial charge in [-0.15, -0.1) is 0 Å². The molecule has 0 heterocycles. The van der Waals surface area contributed by atoms with Crippen molar-refractivity contribution in [2.75, 3.05) is 0 Å². The molecular weight excluding hydrogens is 253 g/mol. The summed E-state index contributed by atoms with van der Waals surface area (Å²) in [6.07, 6.45) is -2.05. The van der Waals surface area contributed by atoms with Crippen LogP contribution >= 0.6 is 0 Å². The van der Waals surface area contributed by atoms with Crippen LogP contribution in [0.15, 0.2) is 12.2 Å². The number of hydrogen-bond acceptors (Lipinski definition) is 3. The maximum Gasteiger partial charge on any atom is 0.422 e. The average Bonchev–Trinajstić information content (AvgIpc) is 2.62. The maximum atomic E-state index is 12.6. The molecular formula is C10H13F3N2O3. The van der Waals surface area contributed by atoms with Crippen molar-refractivity contribution in [2.45, 2.75) is 31.1 Å². The van der Waals surface area contributed by atoms with Gasteiger partial charge in [-0.1, -0.05) is 12.2 Å². The summed E-state index contributed by atoms with van der Waals surface area (Å²) < 4.78 is 37.9. The SMILES string of the molecule is CC(NC(=O)C1C=CC(N)C1)(C(=O)O)C(F)(F)F. The molecule has 0 aromatic carbocycles. The average molecular weight is 266 g/mol. The molecule has 0 aromatic rings. The number of carbonyl (C=O) groups excluding carboxylic acids is 1. The lowest BCUT2D eigenvalue weighted by atomic mass is 9.99. The Morgan fingerprint density at radius 1 is 1.39 bits per heavy atom. The number of carboxylic acids is 1. The van der Waals surface area contributed by atoms with E-state index in [1.54, 1.807) is 0 Å². The molecule has 0 radical (unpaired) electrons. The van der Waals surface area contributed by atoms with E-state index in [0.29, 0.717) is 6.92 Å². The number of halogens is 3. The van der Waals surface area contributed by atoms with Crippen molar-refractivity contribution in [3.8, 4) is 0 Å². The molecule has 1 aliphatic rings. The Hall–Kier alpha value is -1.57. The van der Waals surface area contributed by atoms with Gasteiger partial charge in [0.2, 0.25) is 11.4 Å². The fourth-order valence-electron chi connectivity index (χ4n) is 1.51. The Morgan fingerprint density at radius 2 is 1.94 bits per heavy atom. The molecule has 1 aliphatic carbocycles. The number of hydrogen-bond donors (Lipinski definition) is 3. The Labute approximate surface area is 101 Å². The second kappa shape index (κ2) is 4.60. The van der Waals surface area contributed by atoms with Gasteiger partial charge in [0.25, 0.3) is 0 Å². The van der Waals surface area contributed by atoms with Crippen molar-refractivity contribution in [3.63, 3.8) is 0 Å². The summed E-state index contributed by atoms with van der Waals surface area (Å²) in [5.41, 5.74) is 2.17. The third-order valence-electron chi connectivity index (χ3n) is 2.82. The smallest absolute Gasteiger partial charge is 0.422 e. The zero-order valence-electron chi connectivity index (χ0n) is 9.49. The fraction of sp³-hybridized carbons (Fsp3) is 0.600. The molecule has 0 fully saturated rings. The van der Waals surface area contributed by atoms with E-state index in [2.05, 4.69) is 0 Å². The highest BCUT2D eigenvalue weighted by Gasteiger charge is 2.58. The number of aliphatic carboxylic acids is 1. The molecule has 1 rings (SSSR count). The van der Waals surface area contributed by atoms with E-state index < -0.39 is 35.6 Å². The monoisotopic (exact) mass is 266 g/mol. The van der Waals surface area contributed by atoms with Crippen LogP contribution in [0.1, 0.15) is 13.3 Å². The molecule has 0 saturated heterocycles. The Kier molecular flexibility index (Phi) is 3.70. The predicted octanol–water partition coefficient (Wildman–Crippen LogP) is 0.412. The van der Waals surface area contributed by atoms with Crippen LogP contribution in [0.3, 0.4) is 0 Å². The molecule has 4 N–H and O–H groups in total. The molecule has 0 bridgehead atoms. The van der Waals surface area contributed by atoms with Crippen molar-refractivity contribution in [1.29, 1.82) is 0 Å². The first-order valence-corrected chi connectivity index (χ1v) is 5.14. The van der Waals surface area contributed by atoms with Crippen molar-refractivity contribution in [3.05, 3.63) is 12.2 Å². The van der Waals surface area contributed by atoms with E-state index in [1.807, 2.05) is 0 Å². The minimum atomic E-state index is -5.08. The van der Waals surface area contributed by atoms with Crippen LogP contribution in [0, 0.1) is 5.92 Å². The van der Waals surface area contributed by atoms with Gasteiger partial charge in [0.15, 0.2) is 0 Å². The van der Waals surface area contributed by atoms with Gasteiger partial charge in [-0.2, -0.15) is 13.2 Å². The van der Waals surface area contributed by atoms with E-state index in [4.69, 9.17) is 10.8 Å². The van der Waals surface area contributed by atoms with Crippen LogP contribution < -0.4 is 11.1 Å². The molecule has 5 nitrogen and oxygen atoms in total. The zero-order chi connectivity index (χ0) is 14.1. The fourth-order valence-corrected chi connectivity index (χ4v) is 1.51. The lowest BCUT2D eigenvalue weighted by Gasteiger charge is -2.29. The van der Waals surface area contributed by atoms with E-state index in [-0.39, 0.29) is 6.42 Å². The first-order chi connectivity index (χ1) is 8.08. The molecule has 3 unspecified atom stereocenters. The Balaban J connectivity index is 2.83. The molecule has 0 aromatic heterocycles. The molecule has 0 saturated carbocycles. The maximum absolute atomic E-state index is 12.6. The minimum Gasteiger partial charge on any atom is -0.479 e. The summed E-state index contributed by atoms with van der Waals surface area (Å²) in [6.45, 7) is 0.409. The molecule has 102 valence electrons. The van der Waals surface area contributed by atoms with Crippen LogP contribution in [0.2, 0.25) is 0 Å². The molecule has 18 heavy (non-hydrogen) atoms. The number of amides is 1. The van der Waals surface area contributed by atoms with E-state index in [1.165, 1.54) is 17.5 Å². The molecule has 0 spiro atoms. The van der Waals surface area contributed by atoms with Crippen LogP contribution in [-0.2, 0) is 9.59 Å². The summed E-state index contributed by atoms with van der Waals surface area (Å²) in [5, 5.41) is 10.2. The summed E-state index contributed by atoms with van der Waals surface area (Å²) in [7, 11) is 0. The van der Waals surface area contributed by atoms with Crippen molar-refractivity contribution in [1.82, 2.24) is 5.32 Å². The predicted molar refractivity (Wildman–Crippen MR) is 55.5 cm³/mol. The summed E-state index contributed by atoms with van der Waals surface area (Å²) in [4.78, 5) is 22.3. The first-order valence-electron chi connectivity index (χ1n) is 5.14. The number of nitrogens with one attached hydrogen (secondary N) is 1. The molecule has 8 heteroatoms. The topological polar surface area (TPSA) is 92.4 Å². The standard InChI is InChI=1S/C10H13F3N2O3/c1-9(8(17)18,10(11,12)13)15-7(16)5-2-3-6(14)4-5/h2-3,5-6H,4,14H2,1H3,(H,15,16)(H,17,18). The van der Waals surface area contributed by atoms with Crippen molar-refractivity contribution < 1.29 is 27.9 Å². The highest BCUT2D eigenvalue weighted by Crippen LogP contribution is 2.31. The van der Waals surface area contributed by atoms with Gasteiger partial charge in [-0.3, -0.25) is 4.79 Å². The quantitative estimate of drug-likeness (QED) is 0.645. The van der Waals surface area contributed by atoms with E-state index in [0.717, 1.165) is 0 Å². The van der Waals surface area contributed by atoms with E-state index >= 15 is 0 Å². The van der Waals surface area contributed by atoms with Gasteiger partial charge >= 0.3 is 12.1 Å². The molecule has 3 atom stereocenters. The lowest BCUT2D eigenvalue weighted by Crippen LogP contribution is -2.62. The number of rotatable bonds is 3. The first kappa shape index (κ1) is 14.5. The van der Waals surface area contributed by atoms with Crippen LogP contribution in [0.4, 0.5) is 13.2 Å². The molecule has 0 aliphatic heterocycles. The lowest BCUT2D eigenvalue weighted by molar-refractivity contribution is -0.207. The van der Waals surface area contributed by atoms with Gasteiger partial charge in [-0.05, 0) is 13.3 Å². The Bertz CT molecular complexity index is 394.